The number of rotatable bonds is 5. The van der Waals surface area contributed by atoms with Crippen molar-refractivity contribution in [3.63, 3.8) is 0 Å². The highest BCUT2D eigenvalue weighted by Crippen LogP contribution is 2.14. The molecule has 0 radical (unpaired) electrons. The zero-order valence-corrected chi connectivity index (χ0v) is 8.49. The first-order valence-corrected chi connectivity index (χ1v) is 4.73. The summed E-state index contributed by atoms with van der Waals surface area (Å²) in [5.74, 6) is -0.947. The number of carboxylic acids is 1. The second kappa shape index (κ2) is 5.14. The van der Waals surface area contributed by atoms with Crippen LogP contribution >= 0.6 is 0 Å². The topological polar surface area (TPSA) is 66.4 Å². The van der Waals surface area contributed by atoms with Crippen molar-refractivity contribution >= 4 is 17.4 Å². The highest BCUT2D eigenvalue weighted by atomic mass is 16.4. The van der Waals surface area contributed by atoms with Gasteiger partial charge in [-0.15, -0.1) is 0 Å². The molecule has 0 amide bonds. The molecular weight excluding hydrogens is 194 g/mol. The summed E-state index contributed by atoms with van der Waals surface area (Å²) in [5, 5.41) is 11.7. The molecule has 0 saturated carbocycles. The van der Waals surface area contributed by atoms with Gasteiger partial charge in [0.25, 0.3) is 0 Å². The monoisotopic (exact) mass is 207 g/mol. The molecule has 0 bridgehead atoms. The Morgan fingerprint density at radius 1 is 1.33 bits per heavy atom. The second-order valence-electron chi connectivity index (χ2n) is 3.10. The molecule has 0 aromatic heterocycles. The van der Waals surface area contributed by atoms with Crippen LogP contribution in [0.25, 0.3) is 0 Å². The number of aromatic carboxylic acids is 1. The summed E-state index contributed by atoms with van der Waals surface area (Å²) < 4.78 is 0. The average molecular weight is 207 g/mol. The molecule has 0 atom stereocenters. The molecule has 4 nitrogen and oxygen atoms in total. The number of hydrogen-bond acceptors (Lipinski definition) is 3. The molecule has 80 valence electrons. The molecule has 0 spiro atoms. The van der Waals surface area contributed by atoms with Crippen LogP contribution in [0.3, 0.4) is 0 Å². The lowest BCUT2D eigenvalue weighted by molar-refractivity contribution is -0.117. The van der Waals surface area contributed by atoms with E-state index in [1.165, 1.54) is 6.07 Å². The van der Waals surface area contributed by atoms with Crippen molar-refractivity contribution in [2.75, 3.05) is 11.9 Å². The summed E-state index contributed by atoms with van der Waals surface area (Å²) in [7, 11) is 0. The Morgan fingerprint density at radius 2 is 2.00 bits per heavy atom. The normalized spacial score (nSPS) is 9.67. The van der Waals surface area contributed by atoms with Crippen molar-refractivity contribution in [3.8, 4) is 0 Å². The first-order valence-electron chi connectivity index (χ1n) is 4.73. The van der Waals surface area contributed by atoms with Crippen LogP contribution in [0, 0.1) is 0 Å². The lowest BCUT2D eigenvalue weighted by Gasteiger charge is -2.07. The Bertz CT molecular complexity index is 374. The van der Waals surface area contributed by atoms with Gasteiger partial charge in [0.15, 0.2) is 5.78 Å². The third-order valence-electron chi connectivity index (χ3n) is 2.03. The number of nitrogens with one attached hydrogen (secondary N) is 1. The molecule has 0 aliphatic heterocycles. The van der Waals surface area contributed by atoms with E-state index in [9.17, 15) is 9.59 Å². The number of hydrogen-bond donors (Lipinski definition) is 2. The van der Waals surface area contributed by atoms with E-state index < -0.39 is 5.97 Å². The fourth-order valence-electron chi connectivity index (χ4n) is 1.14. The van der Waals surface area contributed by atoms with E-state index in [4.69, 9.17) is 5.11 Å². The van der Waals surface area contributed by atoms with E-state index in [0.717, 1.165) is 0 Å². The van der Waals surface area contributed by atoms with Crippen LogP contribution in [0.4, 0.5) is 5.69 Å². The SMILES string of the molecule is CCC(=O)CNc1ccccc1C(=O)O. The maximum absolute atomic E-state index is 11.1. The van der Waals surface area contributed by atoms with Crippen molar-refractivity contribution in [1.29, 1.82) is 0 Å². The number of carbonyl (C=O) groups excluding carboxylic acids is 1. The standard InChI is InChI=1S/C11H13NO3/c1-2-8(13)7-12-10-6-4-3-5-9(10)11(14)15/h3-6,12H,2,7H2,1H3,(H,14,15). The third kappa shape index (κ3) is 3.09. The third-order valence-corrected chi connectivity index (χ3v) is 2.03. The van der Waals surface area contributed by atoms with E-state index in [1.54, 1.807) is 25.1 Å². The first-order chi connectivity index (χ1) is 7.15. The molecule has 1 aromatic rings. The highest BCUT2D eigenvalue weighted by molar-refractivity contribution is 5.95. The van der Waals surface area contributed by atoms with E-state index in [2.05, 4.69) is 5.32 Å². The van der Waals surface area contributed by atoms with Crippen LogP contribution in [-0.2, 0) is 4.79 Å². The van der Waals surface area contributed by atoms with Crippen LogP contribution in [0.2, 0.25) is 0 Å². The summed E-state index contributed by atoms with van der Waals surface area (Å²) in [6.45, 7) is 1.94. The van der Waals surface area contributed by atoms with E-state index in [-0.39, 0.29) is 17.9 Å². The van der Waals surface area contributed by atoms with Crippen molar-refractivity contribution < 1.29 is 14.7 Å². The molecule has 0 saturated heterocycles. The zero-order valence-electron chi connectivity index (χ0n) is 8.49. The Labute approximate surface area is 87.9 Å². The van der Waals surface area contributed by atoms with Gasteiger partial charge in [0.2, 0.25) is 0 Å². The lowest BCUT2D eigenvalue weighted by Crippen LogP contribution is -2.14. The molecule has 0 fully saturated rings. The predicted molar refractivity (Wildman–Crippen MR) is 57.2 cm³/mol. The number of ketones is 1. The summed E-state index contributed by atoms with van der Waals surface area (Å²) in [5.41, 5.74) is 0.660. The number of carboxylic acid groups (broad SMARTS) is 1. The van der Waals surface area contributed by atoms with Crippen LogP contribution in [0.15, 0.2) is 24.3 Å². The van der Waals surface area contributed by atoms with Gasteiger partial charge in [-0.2, -0.15) is 0 Å². The maximum atomic E-state index is 11.1. The largest absolute Gasteiger partial charge is 0.478 e. The number of para-hydroxylation sites is 1. The average Bonchev–Trinajstić information content (AvgIpc) is 2.26. The van der Waals surface area contributed by atoms with Gasteiger partial charge in [-0.05, 0) is 12.1 Å². The van der Waals surface area contributed by atoms with E-state index in [0.29, 0.717) is 12.1 Å². The quantitative estimate of drug-likeness (QED) is 0.772. The minimum atomic E-state index is -0.998. The second-order valence-corrected chi connectivity index (χ2v) is 3.10. The molecule has 15 heavy (non-hydrogen) atoms. The number of Topliss-reactive ketones (excluding diaryl/α,β-unsaturated/α-hetero) is 1. The van der Waals surface area contributed by atoms with Crippen molar-refractivity contribution in [3.05, 3.63) is 29.8 Å². The molecule has 0 unspecified atom stereocenters. The molecular formula is C11H13NO3. The number of carbonyl (C=O) groups is 2. The first kappa shape index (κ1) is 11.2. The van der Waals surface area contributed by atoms with Crippen LogP contribution in [0.5, 0.6) is 0 Å². The Balaban J connectivity index is 2.76. The summed E-state index contributed by atoms with van der Waals surface area (Å²) in [4.78, 5) is 21.9. The van der Waals surface area contributed by atoms with Crippen LogP contribution < -0.4 is 5.32 Å². The minimum Gasteiger partial charge on any atom is -0.478 e. The van der Waals surface area contributed by atoms with Gasteiger partial charge < -0.3 is 10.4 Å². The summed E-state index contributed by atoms with van der Waals surface area (Å²) >= 11 is 0. The van der Waals surface area contributed by atoms with Gasteiger partial charge in [-0.25, -0.2) is 4.79 Å². The van der Waals surface area contributed by atoms with Crippen LogP contribution in [-0.4, -0.2) is 23.4 Å². The molecule has 2 N–H and O–H groups in total. The molecule has 0 aliphatic carbocycles. The van der Waals surface area contributed by atoms with Crippen molar-refractivity contribution in [1.82, 2.24) is 0 Å². The Hall–Kier alpha value is -1.84. The number of anilines is 1. The van der Waals surface area contributed by atoms with Crippen LogP contribution in [0.1, 0.15) is 23.7 Å². The molecule has 0 aliphatic rings. The van der Waals surface area contributed by atoms with Crippen molar-refractivity contribution in [2.24, 2.45) is 0 Å². The van der Waals surface area contributed by atoms with Gasteiger partial charge in [0, 0.05) is 12.1 Å². The summed E-state index contributed by atoms with van der Waals surface area (Å²) in [6, 6.07) is 6.52. The van der Waals surface area contributed by atoms with Gasteiger partial charge in [0.1, 0.15) is 0 Å². The maximum Gasteiger partial charge on any atom is 0.337 e. The highest BCUT2D eigenvalue weighted by Gasteiger charge is 2.08. The minimum absolute atomic E-state index is 0.0511. The number of benzene rings is 1. The van der Waals surface area contributed by atoms with Gasteiger partial charge >= 0.3 is 5.97 Å². The van der Waals surface area contributed by atoms with E-state index in [1.807, 2.05) is 0 Å². The van der Waals surface area contributed by atoms with Crippen molar-refractivity contribution in [2.45, 2.75) is 13.3 Å². The van der Waals surface area contributed by atoms with E-state index >= 15 is 0 Å². The molecule has 4 heteroatoms. The van der Waals surface area contributed by atoms with Gasteiger partial charge in [-0.1, -0.05) is 19.1 Å². The van der Waals surface area contributed by atoms with Gasteiger partial charge in [0.05, 0.1) is 12.1 Å². The smallest absolute Gasteiger partial charge is 0.337 e. The van der Waals surface area contributed by atoms with Gasteiger partial charge in [-0.3, -0.25) is 4.79 Å². The Morgan fingerprint density at radius 3 is 2.60 bits per heavy atom. The fourth-order valence-corrected chi connectivity index (χ4v) is 1.14. The summed E-state index contributed by atoms with van der Waals surface area (Å²) in [6.07, 6.45) is 0.447. The predicted octanol–water partition coefficient (Wildman–Crippen LogP) is 1.78. The molecule has 1 aromatic carbocycles. The fraction of sp³-hybridized carbons (Fsp3) is 0.273. The molecule has 1 rings (SSSR count). The zero-order chi connectivity index (χ0) is 11.3. The molecule has 0 heterocycles. The Kier molecular flexibility index (Phi) is 3.85. The lowest BCUT2D eigenvalue weighted by atomic mass is 10.1.